The molecule has 5 nitrogen and oxygen atoms in total. The molecule has 4 heterocycles. The zero-order chi connectivity index (χ0) is 37.5. The molecule has 0 saturated heterocycles. The van der Waals surface area contributed by atoms with Crippen LogP contribution in [0.25, 0.3) is 115 Å². The van der Waals surface area contributed by atoms with Gasteiger partial charge in [0.2, 0.25) is 0 Å². The first-order valence-corrected chi connectivity index (χ1v) is 19.8. The van der Waals surface area contributed by atoms with Crippen molar-refractivity contribution in [2.45, 2.75) is 0 Å². The Balaban J connectivity index is 1.06. The lowest BCUT2D eigenvalue weighted by Gasteiger charge is -2.13. The fourth-order valence-electron chi connectivity index (χ4n) is 8.40. The molecule has 4 aromatic heterocycles. The summed E-state index contributed by atoms with van der Waals surface area (Å²) in [5.74, 6) is 1.93. The number of benzene rings is 8. The van der Waals surface area contributed by atoms with Crippen LogP contribution in [-0.2, 0) is 0 Å². The van der Waals surface area contributed by atoms with Gasteiger partial charge in [-0.05, 0) is 48.0 Å². The number of rotatable bonds is 5. The largest absolute Gasteiger partial charge is 0.455 e. The van der Waals surface area contributed by atoms with Crippen molar-refractivity contribution in [2.24, 2.45) is 0 Å². The Morgan fingerprint density at radius 1 is 0.421 bits per heavy atom. The van der Waals surface area contributed by atoms with Crippen molar-refractivity contribution in [2.75, 3.05) is 0 Å². The normalized spacial score (nSPS) is 11.9. The van der Waals surface area contributed by atoms with Crippen molar-refractivity contribution in [1.29, 1.82) is 0 Å². The van der Waals surface area contributed by atoms with E-state index in [4.69, 9.17) is 19.4 Å². The van der Waals surface area contributed by atoms with Crippen molar-refractivity contribution in [3.8, 4) is 51.0 Å². The number of hydrogen-bond acceptors (Lipinski definition) is 5. The minimum atomic E-state index is 0.636. The van der Waals surface area contributed by atoms with Crippen LogP contribution in [0.4, 0.5) is 0 Å². The molecule has 0 unspecified atom stereocenters. The van der Waals surface area contributed by atoms with Gasteiger partial charge in [0.15, 0.2) is 17.5 Å². The number of nitrogens with zero attached hydrogens (tertiary/aromatic N) is 4. The summed E-state index contributed by atoms with van der Waals surface area (Å²) < 4.78 is 11.5. The van der Waals surface area contributed by atoms with Crippen molar-refractivity contribution in [3.63, 3.8) is 0 Å². The third kappa shape index (κ3) is 5.04. The summed E-state index contributed by atoms with van der Waals surface area (Å²) in [6.07, 6.45) is 0. The van der Waals surface area contributed by atoms with Crippen LogP contribution in [0.5, 0.6) is 0 Å². The minimum absolute atomic E-state index is 0.636. The van der Waals surface area contributed by atoms with Crippen molar-refractivity contribution < 1.29 is 4.42 Å². The zero-order valence-corrected chi connectivity index (χ0v) is 31.2. The third-order valence-electron chi connectivity index (χ3n) is 11.1. The summed E-state index contributed by atoms with van der Waals surface area (Å²) in [5.41, 5.74) is 10.3. The van der Waals surface area contributed by atoms with Gasteiger partial charge in [-0.25, -0.2) is 15.0 Å². The molecule has 0 aliphatic carbocycles. The molecule has 0 saturated carbocycles. The van der Waals surface area contributed by atoms with E-state index in [9.17, 15) is 0 Å². The number of aromatic nitrogens is 4. The first-order chi connectivity index (χ1) is 28.2. The molecule has 266 valence electrons. The second kappa shape index (κ2) is 12.6. The van der Waals surface area contributed by atoms with Crippen molar-refractivity contribution in [3.05, 3.63) is 182 Å². The standard InChI is InChI=1S/C51H30N4OS/c1-3-13-32(14-4-1)49-52-50(33-15-5-2-6-16-33)54-51(53-49)34-25-23-31(24-26-34)40-29-35(30-41-37-18-9-12-22-45(37)57-48(40)41)55-42-20-10-7-19-39(42)46-43(55)28-27-38-36-17-8-11-21-44(36)56-47(38)46/h1-30H. The average molecular weight is 747 g/mol. The highest BCUT2D eigenvalue weighted by Crippen LogP contribution is 2.45. The maximum absolute atomic E-state index is 6.62. The first-order valence-electron chi connectivity index (χ1n) is 19.0. The zero-order valence-electron chi connectivity index (χ0n) is 30.4. The summed E-state index contributed by atoms with van der Waals surface area (Å²) in [4.78, 5) is 14.9. The second-order valence-electron chi connectivity index (χ2n) is 14.4. The smallest absolute Gasteiger partial charge is 0.164 e. The van der Waals surface area contributed by atoms with E-state index < -0.39 is 0 Å². The van der Waals surface area contributed by atoms with Gasteiger partial charge in [-0.15, -0.1) is 11.3 Å². The second-order valence-corrected chi connectivity index (χ2v) is 15.4. The van der Waals surface area contributed by atoms with Crippen LogP contribution in [0.3, 0.4) is 0 Å². The van der Waals surface area contributed by atoms with Crippen LogP contribution in [0.15, 0.2) is 186 Å². The first kappa shape index (κ1) is 31.9. The van der Waals surface area contributed by atoms with Gasteiger partial charge in [0.1, 0.15) is 11.2 Å². The molecule has 0 atom stereocenters. The molecule has 6 heteroatoms. The van der Waals surface area contributed by atoms with Gasteiger partial charge in [0.05, 0.1) is 16.4 Å². The van der Waals surface area contributed by atoms with Crippen LogP contribution in [0.1, 0.15) is 0 Å². The van der Waals surface area contributed by atoms with E-state index in [2.05, 4.69) is 120 Å². The monoisotopic (exact) mass is 746 g/mol. The SMILES string of the molecule is c1ccc(-c2nc(-c3ccccc3)nc(-c3ccc(-c4cc(-n5c6ccccc6c6c7oc8ccccc8c7ccc65)cc5c4sc4ccccc45)cc3)n2)cc1. The van der Waals surface area contributed by atoms with Gasteiger partial charge in [-0.2, -0.15) is 0 Å². The van der Waals surface area contributed by atoms with Crippen LogP contribution in [0, 0.1) is 0 Å². The van der Waals surface area contributed by atoms with Crippen molar-refractivity contribution in [1.82, 2.24) is 19.5 Å². The number of thiophene rings is 1. The summed E-state index contributed by atoms with van der Waals surface area (Å²) in [6, 6.07) is 63.8. The number of hydrogen-bond donors (Lipinski definition) is 0. The average Bonchev–Trinajstić information content (AvgIpc) is 3.96. The predicted molar refractivity (Wildman–Crippen MR) is 236 cm³/mol. The molecule has 0 N–H and O–H groups in total. The lowest BCUT2D eigenvalue weighted by atomic mass is 10.00. The lowest BCUT2D eigenvalue weighted by molar-refractivity contribution is 0.673. The van der Waals surface area contributed by atoms with Gasteiger partial charge < -0.3 is 8.98 Å². The van der Waals surface area contributed by atoms with E-state index in [0.717, 1.165) is 66.3 Å². The molecule has 12 aromatic rings. The Labute approximate surface area is 330 Å². The Morgan fingerprint density at radius 3 is 1.72 bits per heavy atom. The molecule has 0 fully saturated rings. The molecular weight excluding hydrogens is 717 g/mol. The molecule has 0 radical (unpaired) electrons. The maximum atomic E-state index is 6.62. The van der Waals surface area contributed by atoms with E-state index in [0.29, 0.717) is 17.5 Å². The Morgan fingerprint density at radius 2 is 1.00 bits per heavy atom. The molecule has 8 aromatic carbocycles. The van der Waals surface area contributed by atoms with E-state index in [1.54, 1.807) is 0 Å². The third-order valence-corrected chi connectivity index (χ3v) is 12.3. The van der Waals surface area contributed by atoms with Gasteiger partial charge in [0.25, 0.3) is 0 Å². The lowest BCUT2D eigenvalue weighted by Crippen LogP contribution is -2.00. The van der Waals surface area contributed by atoms with Crippen LogP contribution < -0.4 is 0 Å². The highest BCUT2D eigenvalue weighted by atomic mass is 32.1. The van der Waals surface area contributed by atoms with Gasteiger partial charge in [0, 0.05) is 64.3 Å². The van der Waals surface area contributed by atoms with E-state index in [1.807, 2.05) is 78.1 Å². The van der Waals surface area contributed by atoms with E-state index in [-0.39, 0.29) is 0 Å². The topological polar surface area (TPSA) is 56.7 Å². The van der Waals surface area contributed by atoms with Crippen molar-refractivity contribution >= 4 is 75.3 Å². The highest BCUT2D eigenvalue weighted by molar-refractivity contribution is 7.26. The van der Waals surface area contributed by atoms with Crippen LogP contribution in [0.2, 0.25) is 0 Å². The Hall–Kier alpha value is -7.41. The summed E-state index contributed by atoms with van der Waals surface area (Å²) in [7, 11) is 0. The fraction of sp³-hybridized carbons (Fsp3) is 0. The molecule has 0 bridgehead atoms. The molecule has 0 aliphatic heterocycles. The van der Waals surface area contributed by atoms with E-state index >= 15 is 0 Å². The Kier molecular flexibility index (Phi) is 7.03. The molecule has 0 amide bonds. The summed E-state index contributed by atoms with van der Waals surface area (Å²) in [5, 5.41) is 7.05. The summed E-state index contributed by atoms with van der Waals surface area (Å²) >= 11 is 1.84. The van der Waals surface area contributed by atoms with Crippen LogP contribution in [-0.4, -0.2) is 19.5 Å². The fourth-order valence-corrected chi connectivity index (χ4v) is 9.62. The number of para-hydroxylation sites is 2. The van der Waals surface area contributed by atoms with Gasteiger partial charge >= 0.3 is 0 Å². The molecular formula is C51H30N4OS. The minimum Gasteiger partial charge on any atom is -0.455 e. The number of fused-ring (bicyclic) bond motifs is 10. The number of furan rings is 1. The Bertz CT molecular complexity index is 3450. The van der Waals surface area contributed by atoms with Crippen LogP contribution >= 0.6 is 11.3 Å². The maximum Gasteiger partial charge on any atom is 0.164 e. The molecule has 12 rings (SSSR count). The van der Waals surface area contributed by atoms with Gasteiger partial charge in [-0.1, -0.05) is 140 Å². The summed E-state index contributed by atoms with van der Waals surface area (Å²) in [6.45, 7) is 0. The molecule has 0 spiro atoms. The van der Waals surface area contributed by atoms with Gasteiger partial charge in [-0.3, -0.25) is 0 Å². The highest BCUT2D eigenvalue weighted by Gasteiger charge is 2.21. The predicted octanol–water partition coefficient (Wildman–Crippen LogP) is 13.9. The molecule has 57 heavy (non-hydrogen) atoms. The quantitative estimate of drug-likeness (QED) is 0.176. The molecule has 0 aliphatic rings. The van der Waals surface area contributed by atoms with E-state index in [1.165, 1.54) is 31.1 Å².